The van der Waals surface area contributed by atoms with Crippen molar-refractivity contribution in [1.82, 2.24) is 4.40 Å². The van der Waals surface area contributed by atoms with Crippen molar-refractivity contribution in [3.05, 3.63) is 59.9 Å². The van der Waals surface area contributed by atoms with Gasteiger partial charge >= 0.3 is 11.6 Å². The Labute approximate surface area is 179 Å². The fourth-order valence-electron chi connectivity index (χ4n) is 4.39. The molecule has 0 spiro atoms. The molecular weight excluding hydrogens is 374 g/mol. The maximum atomic E-state index is 12.6. The number of benzene rings is 1. The molecule has 0 unspecified atom stereocenters. The monoisotopic (exact) mass is 408 g/mol. The van der Waals surface area contributed by atoms with Gasteiger partial charge < -0.3 is 10.1 Å². The molecule has 0 aliphatic heterocycles. The van der Waals surface area contributed by atoms with Crippen LogP contribution in [0.5, 0.6) is 5.75 Å². The third kappa shape index (κ3) is 4.84. The van der Waals surface area contributed by atoms with E-state index in [0.29, 0.717) is 12.4 Å². The van der Waals surface area contributed by atoms with Gasteiger partial charge in [-0.2, -0.15) is 8.97 Å². The highest BCUT2D eigenvalue weighted by Crippen LogP contribution is 2.32. The van der Waals surface area contributed by atoms with Gasteiger partial charge in [-0.1, -0.05) is 51.1 Å². The summed E-state index contributed by atoms with van der Waals surface area (Å²) in [7, 11) is 0. The lowest BCUT2D eigenvalue weighted by atomic mass is 9.82. The molecule has 1 aromatic carbocycles. The number of anilines is 1. The van der Waals surface area contributed by atoms with Crippen LogP contribution in [0.15, 0.2) is 48.7 Å². The van der Waals surface area contributed by atoms with E-state index in [1.807, 2.05) is 60.0 Å². The predicted octanol–water partition coefficient (Wildman–Crippen LogP) is 5.40. The van der Waals surface area contributed by atoms with Gasteiger partial charge in [0.25, 0.3) is 0 Å². The van der Waals surface area contributed by atoms with Crippen molar-refractivity contribution in [2.75, 3.05) is 5.32 Å². The second-order valence-corrected chi connectivity index (χ2v) is 9.88. The normalized spacial score (nSPS) is 12.2. The van der Waals surface area contributed by atoms with Gasteiger partial charge in [-0.05, 0) is 43.4 Å². The summed E-state index contributed by atoms with van der Waals surface area (Å²) in [6.07, 6.45) is 2.96. The number of hydrogen-bond acceptors (Lipinski definition) is 3. The smallest absolute Gasteiger partial charge is 0.338 e. The summed E-state index contributed by atoms with van der Waals surface area (Å²) in [5.41, 5.74) is 2.74. The van der Waals surface area contributed by atoms with E-state index in [1.165, 1.54) is 0 Å². The van der Waals surface area contributed by atoms with Crippen LogP contribution in [0.1, 0.15) is 64.0 Å². The molecule has 3 rings (SSSR count). The first-order valence-electron chi connectivity index (χ1n) is 10.5. The van der Waals surface area contributed by atoms with Crippen LogP contribution >= 0.6 is 0 Å². The lowest BCUT2D eigenvalue weighted by Crippen LogP contribution is -2.43. The van der Waals surface area contributed by atoms with E-state index >= 15 is 0 Å². The molecule has 1 N–H and O–H groups in total. The molecule has 0 radical (unpaired) electrons. The highest BCUT2D eigenvalue weighted by Gasteiger charge is 2.33. The van der Waals surface area contributed by atoms with E-state index in [1.54, 1.807) is 11.5 Å². The standard InChI is InChI=1S/C25H34N3O2/c1-18-22(26-25(6,7)17-24(3,4)5)27-15-11-14-21(23(27)28(18)19(2)29)30-16-20-12-9-8-10-13-20/h8-15,26H,16-17H2,1-7H3/q+1. The Hall–Kier alpha value is -2.82. The molecular formula is C25H34N3O2+. The Kier molecular flexibility index (Phi) is 5.93. The van der Waals surface area contributed by atoms with Crippen molar-refractivity contribution in [2.24, 2.45) is 5.41 Å². The summed E-state index contributed by atoms with van der Waals surface area (Å²) in [6, 6.07) is 13.9. The minimum absolute atomic E-state index is 0.0394. The van der Waals surface area contributed by atoms with E-state index in [2.05, 4.69) is 39.9 Å². The Balaban J connectivity index is 2.05. The highest BCUT2D eigenvalue weighted by molar-refractivity contribution is 5.71. The number of ether oxygens (including phenoxy) is 1. The highest BCUT2D eigenvalue weighted by atomic mass is 16.5. The number of nitrogens with zero attached hydrogens (tertiary/aromatic N) is 2. The summed E-state index contributed by atoms with van der Waals surface area (Å²) in [4.78, 5) is 12.6. The van der Waals surface area contributed by atoms with Crippen LogP contribution in [-0.2, 0) is 6.61 Å². The first-order chi connectivity index (χ1) is 14.0. The van der Waals surface area contributed by atoms with E-state index < -0.39 is 0 Å². The molecule has 3 aromatic rings. The van der Waals surface area contributed by atoms with Crippen molar-refractivity contribution >= 4 is 17.4 Å². The zero-order chi connectivity index (χ0) is 22.1. The number of fused-ring (bicyclic) bond motifs is 1. The summed E-state index contributed by atoms with van der Waals surface area (Å²) in [5.74, 6) is 1.56. The quantitative estimate of drug-likeness (QED) is 0.556. The Morgan fingerprint density at radius 1 is 1.07 bits per heavy atom. The molecule has 2 aromatic heterocycles. The summed E-state index contributed by atoms with van der Waals surface area (Å²) >= 11 is 0. The summed E-state index contributed by atoms with van der Waals surface area (Å²) < 4.78 is 9.91. The Bertz CT molecular complexity index is 1040. The number of imidazole rings is 1. The minimum Gasteiger partial charge on any atom is -0.481 e. The van der Waals surface area contributed by atoms with Crippen molar-refractivity contribution in [2.45, 2.75) is 67.0 Å². The Morgan fingerprint density at radius 2 is 1.73 bits per heavy atom. The number of hydrogen-bond donors (Lipinski definition) is 1. The van der Waals surface area contributed by atoms with E-state index in [4.69, 9.17) is 4.74 Å². The van der Waals surface area contributed by atoms with E-state index in [-0.39, 0.29) is 16.9 Å². The molecule has 0 saturated carbocycles. The summed E-state index contributed by atoms with van der Waals surface area (Å²) in [6.45, 7) is 15.1. The molecule has 2 heterocycles. The minimum atomic E-state index is -0.146. The van der Waals surface area contributed by atoms with Crippen LogP contribution < -0.4 is 14.6 Å². The average Bonchev–Trinajstić information content (AvgIpc) is 2.91. The second-order valence-electron chi connectivity index (χ2n) is 9.88. The first kappa shape index (κ1) is 21.9. The van der Waals surface area contributed by atoms with Gasteiger partial charge in [0.05, 0.1) is 6.20 Å². The van der Waals surface area contributed by atoms with Crippen molar-refractivity contribution in [3.8, 4) is 5.75 Å². The number of nitrogens with one attached hydrogen (secondary N) is 1. The number of carbonyl (C=O) groups is 1. The lowest BCUT2D eigenvalue weighted by Gasteiger charge is -2.33. The second kappa shape index (κ2) is 8.13. The maximum absolute atomic E-state index is 12.6. The number of carbonyl (C=O) groups excluding carboxylic acids is 1. The largest absolute Gasteiger partial charge is 0.481 e. The lowest BCUT2D eigenvalue weighted by molar-refractivity contribution is -0.551. The molecule has 0 atom stereocenters. The van der Waals surface area contributed by atoms with Gasteiger partial charge in [-0.3, -0.25) is 0 Å². The average molecular weight is 409 g/mol. The van der Waals surface area contributed by atoms with Gasteiger partial charge in [-0.25, -0.2) is 4.79 Å². The van der Waals surface area contributed by atoms with Crippen molar-refractivity contribution < 1.29 is 14.1 Å². The van der Waals surface area contributed by atoms with Gasteiger partial charge in [0.1, 0.15) is 6.61 Å². The van der Waals surface area contributed by atoms with Gasteiger partial charge in [0.2, 0.25) is 11.6 Å². The molecule has 5 nitrogen and oxygen atoms in total. The van der Waals surface area contributed by atoms with Gasteiger partial charge in [0, 0.05) is 19.4 Å². The van der Waals surface area contributed by atoms with Crippen molar-refractivity contribution in [3.63, 3.8) is 0 Å². The third-order valence-electron chi connectivity index (χ3n) is 5.04. The molecule has 0 aliphatic rings. The zero-order valence-corrected chi connectivity index (χ0v) is 19.2. The van der Waals surface area contributed by atoms with Crippen LogP contribution in [0.3, 0.4) is 0 Å². The fourth-order valence-corrected chi connectivity index (χ4v) is 4.39. The Morgan fingerprint density at radius 3 is 2.33 bits per heavy atom. The van der Waals surface area contributed by atoms with Gasteiger partial charge in [0.15, 0.2) is 5.69 Å². The topological polar surface area (TPSA) is 46.6 Å². The van der Waals surface area contributed by atoms with Crippen LogP contribution in [-0.4, -0.2) is 15.8 Å². The van der Waals surface area contributed by atoms with Crippen molar-refractivity contribution in [1.29, 1.82) is 0 Å². The van der Waals surface area contributed by atoms with Crippen LogP contribution in [0.4, 0.5) is 5.82 Å². The molecule has 5 heteroatoms. The van der Waals surface area contributed by atoms with Crippen LogP contribution in [0.25, 0.3) is 5.65 Å². The number of pyridine rings is 1. The maximum Gasteiger partial charge on any atom is 0.338 e. The molecule has 0 saturated heterocycles. The van der Waals surface area contributed by atoms with Crippen LogP contribution in [0, 0.1) is 12.3 Å². The third-order valence-corrected chi connectivity index (χ3v) is 5.04. The SMILES string of the molecule is CC(=O)[n+]1c(C)c(NC(C)(C)CC(C)(C)C)n2cccc(OCc3ccccc3)c21. The first-order valence-corrected chi connectivity index (χ1v) is 10.5. The van der Waals surface area contributed by atoms with Gasteiger partial charge in [-0.15, -0.1) is 0 Å². The summed E-state index contributed by atoms with van der Waals surface area (Å²) in [5, 5.41) is 3.70. The van der Waals surface area contributed by atoms with E-state index in [0.717, 1.165) is 29.1 Å². The molecule has 160 valence electrons. The fraction of sp³-hybridized carbons (Fsp3) is 0.440. The number of aromatic nitrogens is 2. The molecule has 30 heavy (non-hydrogen) atoms. The molecule has 0 aliphatic carbocycles. The molecule has 0 amide bonds. The predicted molar refractivity (Wildman–Crippen MR) is 121 cm³/mol. The zero-order valence-electron chi connectivity index (χ0n) is 19.2. The molecule has 0 bridgehead atoms. The number of rotatable bonds is 6. The molecule has 0 fully saturated rings. The van der Waals surface area contributed by atoms with E-state index in [9.17, 15) is 4.79 Å². The van der Waals surface area contributed by atoms with Crippen LogP contribution in [0.2, 0.25) is 0 Å².